The van der Waals surface area contributed by atoms with E-state index in [1.807, 2.05) is 25.1 Å². The molecule has 2 N–H and O–H groups in total. The number of nitrogens with zero attached hydrogens (tertiary/aromatic N) is 1. The molecule has 1 aromatic heterocycles. The van der Waals surface area contributed by atoms with Gasteiger partial charge in [0, 0.05) is 30.0 Å². The van der Waals surface area contributed by atoms with E-state index in [4.69, 9.17) is 11.6 Å². The Morgan fingerprint density at radius 1 is 1.31 bits per heavy atom. The fourth-order valence-electron chi connectivity index (χ4n) is 1.47. The van der Waals surface area contributed by atoms with Crippen molar-refractivity contribution in [3.8, 4) is 0 Å². The molecule has 3 nitrogen and oxygen atoms in total. The lowest BCUT2D eigenvalue weighted by molar-refractivity contribution is 0.677. The number of aromatic amines is 1. The van der Waals surface area contributed by atoms with Crippen LogP contribution < -0.4 is 5.32 Å². The predicted octanol–water partition coefficient (Wildman–Crippen LogP) is 2.66. The number of H-pyrrole nitrogens is 1. The van der Waals surface area contributed by atoms with Gasteiger partial charge in [0.15, 0.2) is 0 Å². The van der Waals surface area contributed by atoms with Crippen LogP contribution in [0.4, 0.5) is 0 Å². The molecule has 0 fully saturated rings. The third-order valence-corrected chi connectivity index (χ3v) is 2.85. The number of rotatable bonds is 4. The molecule has 0 spiro atoms. The lowest BCUT2D eigenvalue weighted by Gasteiger charge is -2.05. The van der Waals surface area contributed by atoms with Crippen LogP contribution in [-0.2, 0) is 13.1 Å². The molecule has 0 aliphatic rings. The first-order chi connectivity index (χ1) is 7.75. The number of hydrogen-bond acceptors (Lipinski definition) is 2. The quantitative estimate of drug-likeness (QED) is 0.856. The SMILES string of the molecule is Cc1ccc(CNCc2ccn[nH]2)cc1Cl. The lowest BCUT2D eigenvalue weighted by Crippen LogP contribution is -2.12. The first-order valence-corrected chi connectivity index (χ1v) is 5.57. The van der Waals surface area contributed by atoms with Gasteiger partial charge in [0.25, 0.3) is 0 Å². The van der Waals surface area contributed by atoms with E-state index in [9.17, 15) is 0 Å². The Hall–Kier alpha value is -1.32. The molecule has 1 heterocycles. The number of aryl methyl sites for hydroxylation is 1. The van der Waals surface area contributed by atoms with Gasteiger partial charge in [0.1, 0.15) is 0 Å². The summed E-state index contributed by atoms with van der Waals surface area (Å²) in [4.78, 5) is 0. The molecule has 0 radical (unpaired) electrons. The molecule has 0 amide bonds. The standard InChI is InChI=1S/C12H14ClN3/c1-9-2-3-10(6-12(9)13)7-14-8-11-4-5-15-16-11/h2-6,14H,7-8H2,1H3,(H,15,16). The summed E-state index contributed by atoms with van der Waals surface area (Å²) in [6.07, 6.45) is 1.75. The van der Waals surface area contributed by atoms with Crippen LogP contribution in [0.15, 0.2) is 30.5 Å². The van der Waals surface area contributed by atoms with E-state index in [0.29, 0.717) is 0 Å². The molecule has 84 valence electrons. The Morgan fingerprint density at radius 3 is 2.88 bits per heavy atom. The predicted molar refractivity (Wildman–Crippen MR) is 65.3 cm³/mol. The van der Waals surface area contributed by atoms with Crippen molar-refractivity contribution in [3.63, 3.8) is 0 Å². The van der Waals surface area contributed by atoms with E-state index < -0.39 is 0 Å². The Balaban J connectivity index is 1.87. The second-order valence-corrected chi connectivity index (χ2v) is 4.18. The second kappa shape index (κ2) is 5.14. The summed E-state index contributed by atoms with van der Waals surface area (Å²) in [5.41, 5.74) is 3.38. The summed E-state index contributed by atoms with van der Waals surface area (Å²) < 4.78 is 0. The first-order valence-electron chi connectivity index (χ1n) is 5.20. The number of halogens is 1. The van der Waals surface area contributed by atoms with Gasteiger partial charge in [-0.3, -0.25) is 5.10 Å². The minimum atomic E-state index is 0.783. The van der Waals surface area contributed by atoms with Gasteiger partial charge in [-0.1, -0.05) is 23.7 Å². The van der Waals surface area contributed by atoms with Crippen LogP contribution in [0.2, 0.25) is 5.02 Å². The highest BCUT2D eigenvalue weighted by atomic mass is 35.5. The summed E-state index contributed by atoms with van der Waals surface area (Å²) >= 11 is 6.05. The number of nitrogens with one attached hydrogen (secondary N) is 2. The van der Waals surface area contributed by atoms with Crippen LogP contribution in [0.25, 0.3) is 0 Å². The topological polar surface area (TPSA) is 40.7 Å². The van der Waals surface area contributed by atoms with Crippen LogP contribution >= 0.6 is 11.6 Å². The zero-order valence-electron chi connectivity index (χ0n) is 9.13. The molecule has 0 aliphatic carbocycles. The molecule has 0 saturated heterocycles. The molecule has 16 heavy (non-hydrogen) atoms. The molecule has 0 saturated carbocycles. The monoisotopic (exact) mass is 235 g/mol. The minimum absolute atomic E-state index is 0.783. The molecule has 1 aromatic carbocycles. The van der Waals surface area contributed by atoms with Gasteiger partial charge in [0.05, 0.1) is 0 Å². The van der Waals surface area contributed by atoms with Gasteiger partial charge in [-0.2, -0.15) is 5.10 Å². The molecule has 0 atom stereocenters. The van der Waals surface area contributed by atoms with E-state index in [2.05, 4.69) is 21.6 Å². The first kappa shape index (κ1) is 11.2. The van der Waals surface area contributed by atoms with Gasteiger partial charge in [-0.15, -0.1) is 0 Å². The fraction of sp³-hybridized carbons (Fsp3) is 0.250. The number of hydrogen-bond donors (Lipinski definition) is 2. The minimum Gasteiger partial charge on any atom is -0.307 e. The molecule has 2 aromatic rings. The third kappa shape index (κ3) is 2.84. The van der Waals surface area contributed by atoms with Gasteiger partial charge in [-0.05, 0) is 30.2 Å². The van der Waals surface area contributed by atoms with Gasteiger partial charge in [0.2, 0.25) is 0 Å². The third-order valence-electron chi connectivity index (χ3n) is 2.44. The average molecular weight is 236 g/mol. The van der Waals surface area contributed by atoms with Gasteiger partial charge in [-0.25, -0.2) is 0 Å². The average Bonchev–Trinajstić information content (AvgIpc) is 2.76. The molecule has 4 heteroatoms. The second-order valence-electron chi connectivity index (χ2n) is 3.77. The largest absolute Gasteiger partial charge is 0.307 e. The van der Waals surface area contributed by atoms with Gasteiger partial charge < -0.3 is 5.32 Å². The highest BCUT2D eigenvalue weighted by Gasteiger charge is 1.98. The normalized spacial score (nSPS) is 10.6. The number of aromatic nitrogens is 2. The van der Waals surface area contributed by atoms with Crippen molar-refractivity contribution in [3.05, 3.63) is 52.3 Å². The fourth-order valence-corrected chi connectivity index (χ4v) is 1.67. The molecule has 0 aliphatic heterocycles. The highest BCUT2D eigenvalue weighted by molar-refractivity contribution is 6.31. The van der Waals surface area contributed by atoms with E-state index >= 15 is 0 Å². The summed E-state index contributed by atoms with van der Waals surface area (Å²) in [6, 6.07) is 8.07. The summed E-state index contributed by atoms with van der Waals surface area (Å²) in [5, 5.41) is 10.9. The Kier molecular flexibility index (Phi) is 3.59. The summed E-state index contributed by atoms with van der Waals surface area (Å²) in [6.45, 7) is 3.59. The highest BCUT2D eigenvalue weighted by Crippen LogP contribution is 2.16. The van der Waals surface area contributed by atoms with Crippen molar-refractivity contribution in [2.75, 3.05) is 0 Å². The van der Waals surface area contributed by atoms with Crippen molar-refractivity contribution in [1.82, 2.24) is 15.5 Å². The van der Waals surface area contributed by atoms with Crippen molar-refractivity contribution in [2.24, 2.45) is 0 Å². The van der Waals surface area contributed by atoms with E-state index in [1.165, 1.54) is 5.56 Å². The van der Waals surface area contributed by atoms with E-state index in [-0.39, 0.29) is 0 Å². The maximum atomic E-state index is 6.05. The summed E-state index contributed by atoms with van der Waals surface area (Å²) in [7, 11) is 0. The molecule has 0 bridgehead atoms. The Bertz CT molecular complexity index is 451. The maximum absolute atomic E-state index is 6.05. The van der Waals surface area contributed by atoms with E-state index in [1.54, 1.807) is 6.20 Å². The maximum Gasteiger partial charge on any atom is 0.0490 e. The molecular formula is C12H14ClN3. The zero-order chi connectivity index (χ0) is 11.4. The molecule has 2 rings (SSSR count). The molecule has 0 unspecified atom stereocenters. The van der Waals surface area contributed by atoms with Crippen LogP contribution in [0, 0.1) is 6.92 Å². The zero-order valence-corrected chi connectivity index (χ0v) is 9.88. The van der Waals surface area contributed by atoms with Gasteiger partial charge >= 0.3 is 0 Å². The summed E-state index contributed by atoms with van der Waals surface area (Å²) in [5.74, 6) is 0. The van der Waals surface area contributed by atoms with Crippen molar-refractivity contribution in [2.45, 2.75) is 20.0 Å². The Labute approximate surface area is 99.8 Å². The van der Waals surface area contributed by atoms with Crippen molar-refractivity contribution in [1.29, 1.82) is 0 Å². The van der Waals surface area contributed by atoms with Crippen molar-refractivity contribution < 1.29 is 0 Å². The Morgan fingerprint density at radius 2 is 2.19 bits per heavy atom. The van der Waals surface area contributed by atoms with Crippen LogP contribution in [0.3, 0.4) is 0 Å². The smallest absolute Gasteiger partial charge is 0.0490 e. The number of benzene rings is 1. The molecular weight excluding hydrogens is 222 g/mol. The van der Waals surface area contributed by atoms with E-state index in [0.717, 1.165) is 29.4 Å². The van der Waals surface area contributed by atoms with Crippen LogP contribution in [0.1, 0.15) is 16.8 Å². The van der Waals surface area contributed by atoms with Crippen LogP contribution in [0.5, 0.6) is 0 Å². The lowest BCUT2D eigenvalue weighted by atomic mass is 10.1. The van der Waals surface area contributed by atoms with Crippen molar-refractivity contribution >= 4 is 11.6 Å². The van der Waals surface area contributed by atoms with Crippen LogP contribution in [-0.4, -0.2) is 10.2 Å².